The van der Waals surface area contributed by atoms with Crippen molar-refractivity contribution >= 4 is 10.9 Å². The third-order valence-corrected chi connectivity index (χ3v) is 7.13. The maximum absolute atomic E-state index is 13.3. The second kappa shape index (κ2) is 8.54. The summed E-state index contributed by atoms with van der Waals surface area (Å²) in [5.74, 6) is 1.41. The van der Waals surface area contributed by atoms with Crippen molar-refractivity contribution in [2.45, 2.75) is 70.9 Å². The molecule has 31 heavy (non-hydrogen) atoms. The van der Waals surface area contributed by atoms with Crippen molar-refractivity contribution in [1.29, 1.82) is 0 Å². The quantitative estimate of drug-likeness (QED) is 0.674. The van der Waals surface area contributed by atoms with Gasteiger partial charge in [-0.15, -0.1) is 5.10 Å². The van der Waals surface area contributed by atoms with Gasteiger partial charge in [0.25, 0.3) is 5.56 Å². The van der Waals surface area contributed by atoms with Crippen molar-refractivity contribution in [3.8, 4) is 0 Å². The second-order valence-corrected chi connectivity index (χ2v) is 9.39. The molecule has 7 heteroatoms. The molecule has 1 aromatic carbocycles. The molecular weight excluding hydrogens is 388 g/mol. The van der Waals surface area contributed by atoms with Crippen LogP contribution in [0.1, 0.15) is 81.4 Å². The van der Waals surface area contributed by atoms with Gasteiger partial charge >= 0.3 is 0 Å². The number of benzene rings is 1. The number of nitrogens with zero attached hydrogens (tertiary/aromatic N) is 5. The smallest absolute Gasteiger partial charge is 0.253 e. The predicted octanol–water partition coefficient (Wildman–Crippen LogP) is 4.01. The Labute approximate surface area is 182 Å². The third-order valence-electron chi connectivity index (χ3n) is 7.13. The van der Waals surface area contributed by atoms with E-state index < -0.39 is 0 Å². The van der Waals surface area contributed by atoms with E-state index in [-0.39, 0.29) is 11.6 Å². The van der Waals surface area contributed by atoms with Crippen molar-refractivity contribution in [2.75, 3.05) is 13.1 Å². The van der Waals surface area contributed by atoms with Gasteiger partial charge in [0.15, 0.2) is 5.82 Å². The minimum Gasteiger partial charge on any atom is -0.322 e. The molecule has 0 amide bonds. The van der Waals surface area contributed by atoms with Gasteiger partial charge in [0, 0.05) is 17.6 Å². The number of aromatic nitrogens is 5. The first-order chi connectivity index (χ1) is 15.1. The highest BCUT2D eigenvalue weighted by atomic mass is 16.1. The molecule has 1 saturated heterocycles. The summed E-state index contributed by atoms with van der Waals surface area (Å²) in [5, 5.41) is 14.0. The Bertz CT molecular complexity index is 1110. The van der Waals surface area contributed by atoms with Crippen LogP contribution in [0.5, 0.6) is 0 Å². The summed E-state index contributed by atoms with van der Waals surface area (Å²) in [7, 11) is 0. The number of tetrazole rings is 1. The van der Waals surface area contributed by atoms with Crippen LogP contribution in [0.3, 0.4) is 0 Å². The summed E-state index contributed by atoms with van der Waals surface area (Å²) >= 11 is 0. The number of aryl methyl sites for hydroxylation is 1. The highest BCUT2D eigenvalue weighted by molar-refractivity contribution is 5.80. The molecule has 1 N–H and O–H groups in total. The molecule has 0 unspecified atom stereocenters. The summed E-state index contributed by atoms with van der Waals surface area (Å²) in [5.41, 5.74) is 2.86. The van der Waals surface area contributed by atoms with E-state index in [2.05, 4.69) is 57.5 Å². The molecule has 0 spiro atoms. The lowest BCUT2D eigenvalue weighted by Gasteiger charge is -2.36. The normalized spacial score (nSPS) is 21.7. The number of piperidine rings is 1. The number of H-pyrrole nitrogens is 1. The van der Waals surface area contributed by atoms with Crippen LogP contribution in [0.4, 0.5) is 0 Å². The third kappa shape index (κ3) is 3.91. The fourth-order valence-electron chi connectivity index (χ4n) is 5.44. The van der Waals surface area contributed by atoms with Crippen LogP contribution in [0, 0.1) is 5.92 Å². The molecule has 1 aliphatic heterocycles. The van der Waals surface area contributed by atoms with E-state index in [1.807, 2.05) is 10.7 Å². The lowest BCUT2D eigenvalue weighted by atomic mass is 9.95. The van der Waals surface area contributed by atoms with Crippen LogP contribution >= 0.6 is 0 Å². The minimum absolute atomic E-state index is 0.0408. The van der Waals surface area contributed by atoms with Crippen molar-refractivity contribution in [1.82, 2.24) is 30.1 Å². The monoisotopic (exact) mass is 420 g/mol. The SMILES string of the molecule is CCc1ccc2[nH]c(=O)c([C@H](c3nnnn3C3CCCC3)N3CCC[C@H](C)C3)cc2c1. The van der Waals surface area contributed by atoms with Gasteiger partial charge in [0.1, 0.15) is 6.04 Å². The van der Waals surface area contributed by atoms with E-state index in [0.29, 0.717) is 12.0 Å². The van der Waals surface area contributed by atoms with E-state index in [1.165, 1.54) is 24.8 Å². The number of fused-ring (bicyclic) bond motifs is 1. The fraction of sp³-hybridized carbons (Fsp3) is 0.583. The summed E-state index contributed by atoms with van der Waals surface area (Å²) in [4.78, 5) is 18.9. The Morgan fingerprint density at radius 2 is 2.00 bits per heavy atom. The van der Waals surface area contributed by atoms with Crippen LogP contribution in [0.15, 0.2) is 29.1 Å². The molecule has 1 saturated carbocycles. The van der Waals surface area contributed by atoms with Crippen molar-refractivity contribution in [3.05, 3.63) is 51.6 Å². The Morgan fingerprint density at radius 3 is 2.77 bits per heavy atom. The zero-order chi connectivity index (χ0) is 21.4. The fourth-order valence-corrected chi connectivity index (χ4v) is 5.44. The molecule has 2 aromatic heterocycles. The van der Waals surface area contributed by atoms with Crippen LogP contribution in [-0.2, 0) is 6.42 Å². The van der Waals surface area contributed by atoms with E-state index in [9.17, 15) is 4.79 Å². The molecule has 0 radical (unpaired) electrons. The number of nitrogens with one attached hydrogen (secondary N) is 1. The standard InChI is InChI=1S/C24H32N6O/c1-3-17-10-11-21-18(13-17)14-20(24(31)25-21)22(29-12-6-7-16(2)15-29)23-26-27-28-30(23)19-8-4-5-9-19/h10-11,13-14,16,19,22H,3-9,12,15H2,1-2H3,(H,25,31)/t16-,22+/m0/s1. The van der Waals surface area contributed by atoms with E-state index in [1.54, 1.807) is 0 Å². The van der Waals surface area contributed by atoms with Crippen LogP contribution in [0.25, 0.3) is 10.9 Å². The van der Waals surface area contributed by atoms with Gasteiger partial charge in [0.2, 0.25) is 0 Å². The van der Waals surface area contributed by atoms with Gasteiger partial charge in [-0.2, -0.15) is 0 Å². The molecule has 3 aromatic rings. The zero-order valence-electron chi connectivity index (χ0n) is 18.5. The van der Waals surface area contributed by atoms with Crippen molar-refractivity contribution in [3.63, 3.8) is 0 Å². The van der Waals surface area contributed by atoms with Crippen LogP contribution < -0.4 is 5.56 Å². The number of hydrogen-bond acceptors (Lipinski definition) is 5. The number of pyridine rings is 1. The Balaban J connectivity index is 1.65. The second-order valence-electron chi connectivity index (χ2n) is 9.39. The van der Waals surface area contributed by atoms with Gasteiger partial charge < -0.3 is 4.98 Å². The molecule has 164 valence electrons. The number of rotatable bonds is 5. The molecule has 2 aliphatic rings. The van der Waals surface area contributed by atoms with Gasteiger partial charge in [-0.25, -0.2) is 4.68 Å². The van der Waals surface area contributed by atoms with Crippen molar-refractivity contribution in [2.24, 2.45) is 5.92 Å². The predicted molar refractivity (Wildman–Crippen MR) is 121 cm³/mol. The molecule has 7 nitrogen and oxygen atoms in total. The first-order valence-electron chi connectivity index (χ1n) is 11.8. The molecule has 1 aliphatic carbocycles. The van der Waals surface area contributed by atoms with Crippen molar-refractivity contribution < 1.29 is 0 Å². The Kier molecular flexibility index (Phi) is 5.61. The lowest BCUT2D eigenvalue weighted by molar-refractivity contribution is 0.139. The highest BCUT2D eigenvalue weighted by Crippen LogP contribution is 2.35. The van der Waals surface area contributed by atoms with E-state index >= 15 is 0 Å². The minimum atomic E-state index is -0.225. The average Bonchev–Trinajstić information content (AvgIpc) is 3.46. The van der Waals surface area contributed by atoms with E-state index in [0.717, 1.165) is 61.1 Å². The van der Waals surface area contributed by atoms with E-state index in [4.69, 9.17) is 0 Å². The highest BCUT2D eigenvalue weighted by Gasteiger charge is 2.34. The maximum Gasteiger partial charge on any atom is 0.253 e. The van der Waals surface area contributed by atoms with Crippen LogP contribution in [0.2, 0.25) is 0 Å². The summed E-state index contributed by atoms with van der Waals surface area (Å²) in [6.07, 6.45) is 7.97. The number of aromatic amines is 1. The molecule has 3 heterocycles. The lowest BCUT2D eigenvalue weighted by Crippen LogP contribution is -2.41. The molecule has 2 fully saturated rings. The first-order valence-corrected chi connectivity index (χ1v) is 11.8. The maximum atomic E-state index is 13.3. The topological polar surface area (TPSA) is 79.7 Å². The number of hydrogen-bond donors (Lipinski definition) is 1. The first kappa shape index (κ1) is 20.4. The van der Waals surface area contributed by atoms with Crippen LogP contribution in [-0.4, -0.2) is 43.2 Å². The Hall–Kier alpha value is -2.54. The van der Waals surface area contributed by atoms with Gasteiger partial charge in [-0.05, 0) is 84.1 Å². The molecular formula is C24H32N6O. The summed E-state index contributed by atoms with van der Waals surface area (Å²) in [6, 6.07) is 8.47. The zero-order valence-corrected chi connectivity index (χ0v) is 18.5. The van der Waals surface area contributed by atoms with Gasteiger partial charge in [-0.3, -0.25) is 9.69 Å². The largest absolute Gasteiger partial charge is 0.322 e. The molecule has 0 bridgehead atoms. The molecule has 2 atom stereocenters. The summed E-state index contributed by atoms with van der Waals surface area (Å²) < 4.78 is 2.02. The Morgan fingerprint density at radius 1 is 1.16 bits per heavy atom. The molecule has 5 rings (SSSR count). The summed E-state index contributed by atoms with van der Waals surface area (Å²) in [6.45, 7) is 6.36. The number of likely N-dealkylation sites (tertiary alicyclic amines) is 1. The average molecular weight is 421 g/mol. The van der Waals surface area contributed by atoms with Gasteiger partial charge in [0.05, 0.1) is 6.04 Å². The van der Waals surface area contributed by atoms with Gasteiger partial charge in [-0.1, -0.05) is 32.8 Å².